The highest BCUT2D eigenvalue weighted by Crippen LogP contribution is 2.14. The van der Waals surface area contributed by atoms with E-state index in [-0.39, 0.29) is 5.78 Å². The summed E-state index contributed by atoms with van der Waals surface area (Å²) in [6.07, 6.45) is 5.55. The lowest BCUT2D eigenvalue weighted by Gasteiger charge is -2.11. The Hall–Kier alpha value is -0.630. The predicted molar refractivity (Wildman–Crippen MR) is 48.1 cm³/mol. The molecule has 0 N–H and O–H groups in total. The maximum Gasteiger partial charge on any atom is 0.155 e. The van der Waals surface area contributed by atoms with Crippen LogP contribution in [-0.2, 0) is 9.53 Å². The summed E-state index contributed by atoms with van der Waals surface area (Å²) in [6.45, 7) is 3.53. The molecule has 0 aromatic rings. The first-order chi connectivity index (χ1) is 5.83. The van der Waals surface area contributed by atoms with Crippen LogP contribution in [0.5, 0.6) is 0 Å². The van der Waals surface area contributed by atoms with Crippen molar-refractivity contribution in [2.75, 3.05) is 13.2 Å². The molecule has 0 atom stereocenters. The van der Waals surface area contributed by atoms with Gasteiger partial charge in [0.2, 0.25) is 0 Å². The Labute approximate surface area is 73.6 Å². The molecule has 1 aliphatic rings. The summed E-state index contributed by atoms with van der Waals surface area (Å²) >= 11 is 0. The number of hydrogen-bond acceptors (Lipinski definition) is 2. The Morgan fingerprint density at radius 1 is 1.50 bits per heavy atom. The van der Waals surface area contributed by atoms with Crippen LogP contribution in [0.3, 0.4) is 0 Å². The van der Waals surface area contributed by atoms with E-state index in [1.165, 1.54) is 5.57 Å². The summed E-state index contributed by atoms with van der Waals surface area (Å²) in [5.41, 5.74) is 1.17. The van der Waals surface area contributed by atoms with Gasteiger partial charge in [-0.3, -0.25) is 4.79 Å². The molecule has 1 rings (SSSR count). The zero-order valence-corrected chi connectivity index (χ0v) is 7.64. The van der Waals surface area contributed by atoms with Crippen molar-refractivity contribution in [3.63, 3.8) is 0 Å². The monoisotopic (exact) mass is 168 g/mol. The van der Waals surface area contributed by atoms with E-state index in [0.717, 1.165) is 32.3 Å². The first-order valence-electron chi connectivity index (χ1n) is 4.63. The van der Waals surface area contributed by atoms with Crippen molar-refractivity contribution in [2.24, 2.45) is 0 Å². The number of carbonyl (C=O) groups is 1. The number of ether oxygens (including phenoxy) is 1. The van der Waals surface area contributed by atoms with Gasteiger partial charge in [0.15, 0.2) is 5.78 Å². The molecule has 0 aromatic heterocycles. The summed E-state index contributed by atoms with van der Waals surface area (Å²) in [6, 6.07) is 0. The minimum Gasteiger partial charge on any atom is -0.377 e. The Morgan fingerprint density at radius 2 is 2.33 bits per heavy atom. The highest BCUT2D eigenvalue weighted by molar-refractivity contribution is 5.91. The lowest BCUT2D eigenvalue weighted by Crippen LogP contribution is -2.07. The number of rotatable bonds is 4. The fraction of sp³-hybridized carbons (Fsp3) is 0.700. The fourth-order valence-corrected chi connectivity index (χ4v) is 1.32. The third kappa shape index (κ3) is 3.18. The zero-order chi connectivity index (χ0) is 8.81. The summed E-state index contributed by atoms with van der Waals surface area (Å²) in [5, 5.41) is 0. The summed E-state index contributed by atoms with van der Waals surface area (Å²) < 4.78 is 5.35. The topological polar surface area (TPSA) is 26.3 Å². The smallest absolute Gasteiger partial charge is 0.155 e. The molecule has 0 saturated heterocycles. The van der Waals surface area contributed by atoms with Crippen LogP contribution in [0.25, 0.3) is 0 Å². The maximum absolute atomic E-state index is 11.0. The highest BCUT2D eigenvalue weighted by atomic mass is 16.5. The zero-order valence-electron chi connectivity index (χ0n) is 7.64. The Bertz CT molecular complexity index is 182. The van der Waals surface area contributed by atoms with E-state index >= 15 is 0 Å². The molecule has 0 saturated carbocycles. The maximum atomic E-state index is 11.0. The van der Waals surface area contributed by atoms with Gasteiger partial charge in [0.1, 0.15) is 0 Å². The predicted octanol–water partition coefficient (Wildman–Crippen LogP) is 2.09. The van der Waals surface area contributed by atoms with Gasteiger partial charge in [-0.05, 0) is 30.9 Å². The van der Waals surface area contributed by atoms with Crippen molar-refractivity contribution < 1.29 is 9.53 Å². The van der Waals surface area contributed by atoms with Crippen molar-refractivity contribution in [1.82, 2.24) is 0 Å². The van der Waals surface area contributed by atoms with Gasteiger partial charge in [-0.25, -0.2) is 0 Å². The standard InChI is InChI=1S/C10H16O2/c1-2-6-12-8-9-4-3-5-10(11)7-9/h7H,2-6,8H2,1H3. The number of carbonyl (C=O) groups excluding carboxylic acids is 1. The first-order valence-corrected chi connectivity index (χ1v) is 4.63. The Kier molecular flexibility index (Phi) is 4.01. The average Bonchev–Trinajstić information content (AvgIpc) is 2.05. The molecule has 0 unspecified atom stereocenters. The largest absolute Gasteiger partial charge is 0.377 e. The second-order valence-corrected chi connectivity index (χ2v) is 3.18. The molecule has 68 valence electrons. The van der Waals surface area contributed by atoms with Crippen LogP contribution in [-0.4, -0.2) is 19.0 Å². The van der Waals surface area contributed by atoms with Gasteiger partial charge in [-0.2, -0.15) is 0 Å². The van der Waals surface area contributed by atoms with Crippen LogP contribution < -0.4 is 0 Å². The lowest BCUT2D eigenvalue weighted by molar-refractivity contribution is -0.115. The molecule has 12 heavy (non-hydrogen) atoms. The fourth-order valence-electron chi connectivity index (χ4n) is 1.32. The molecule has 2 heteroatoms. The normalized spacial score (nSPS) is 17.8. The second kappa shape index (κ2) is 5.09. The molecule has 0 fully saturated rings. The third-order valence-corrected chi connectivity index (χ3v) is 1.92. The van der Waals surface area contributed by atoms with Crippen LogP contribution in [0.4, 0.5) is 0 Å². The van der Waals surface area contributed by atoms with Crippen LogP contribution in [0.1, 0.15) is 32.6 Å². The molecule has 0 spiro atoms. The Balaban J connectivity index is 2.26. The van der Waals surface area contributed by atoms with Gasteiger partial charge in [0, 0.05) is 13.0 Å². The summed E-state index contributed by atoms with van der Waals surface area (Å²) in [5.74, 6) is 0.261. The molecule has 0 bridgehead atoms. The van der Waals surface area contributed by atoms with E-state index in [1.807, 2.05) is 0 Å². The van der Waals surface area contributed by atoms with Crippen LogP contribution in [0, 0.1) is 0 Å². The van der Waals surface area contributed by atoms with Crippen molar-refractivity contribution >= 4 is 5.78 Å². The van der Waals surface area contributed by atoms with Crippen molar-refractivity contribution in [2.45, 2.75) is 32.6 Å². The average molecular weight is 168 g/mol. The van der Waals surface area contributed by atoms with E-state index < -0.39 is 0 Å². The molecular weight excluding hydrogens is 152 g/mol. The van der Waals surface area contributed by atoms with E-state index in [4.69, 9.17) is 4.74 Å². The molecule has 0 radical (unpaired) electrons. The van der Waals surface area contributed by atoms with Gasteiger partial charge in [-0.1, -0.05) is 6.92 Å². The van der Waals surface area contributed by atoms with E-state index in [9.17, 15) is 4.79 Å². The van der Waals surface area contributed by atoms with Gasteiger partial charge in [0.05, 0.1) is 6.61 Å². The molecule has 0 aliphatic heterocycles. The lowest BCUT2D eigenvalue weighted by atomic mass is 9.99. The van der Waals surface area contributed by atoms with Gasteiger partial charge < -0.3 is 4.74 Å². The quantitative estimate of drug-likeness (QED) is 0.601. The SMILES string of the molecule is CCCOCC1=CC(=O)CCC1. The molecule has 0 heterocycles. The van der Waals surface area contributed by atoms with Crippen LogP contribution >= 0.6 is 0 Å². The van der Waals surface area contributed by atoms with E-state index in [2.05, 4.69) is 6.92 Å². The van der Waals surface area contributed by atoms with E-state index in [0.29, 0.717) is 6.61 Å². The number of allylic oxidation sites excluding steroid dienone is 1. The molecule has 1 aliphatic carbocycles. The van der Waals surface area contributed by atoms with Crippen molar-refractivity contribution in [1.29, 1.82) is 0 Å². The van der Waals surface area contributed by atoms with E-state index in [1.54, 1.807) is 6.08 Å². The van der Waals surface area contributed by atoms with Crippen LogP contribution in [0.2, 0.25) is 0 Å². The first kappa shape index (κ1) is 9.46. The Morgan fingerprint density at radius 3 is 3.00 bits per heavy atom. The number of hydrogen-bond donors (Lipinski definition) is 0. The minimum absolute atomic E-state index is 0.261. The minimum atomic E-state index is 0.261. The number of ketones is 1. The van der Waals surface area contributed by atoms with Crippen LogP contribution in [0.15, 0.2) is 11.6 Å². The van der Waals surface area contributed by atoms with Gasteiger partial charge in [-0.15, -0.1) is 0 Å². The molecule has 0 amide bonds. The second-order valence-electron chi connectivity index (χ2n) is 3.18. The van der Waals surface area contributed by atoms with Gasteiger partial charge >= 0.3 is 0 Å². The van der Waals surface area contributed by atoms with Crippen molar-refractivity contribution in [3.05, 3.63) is 11.6 Å². The van der Waals surface area contributed by atoms with Gasteiger partial charge in [0.25, 0.3) is 0 Å². The van der Waals surface area contributed by atoms with Crippen molar-refractivity contribution in [3.8, 4) is 0 Å². The molecule has 2 nitrogen and oxygen atoms in total. The molecular formula is C10H16O2. The summed E-state index contributed by atoms with van der Waals surface area (Å²) in [7, 11) is 0. The third-order valence-electron chi connectivity index (χ3n) is 1.92. The molecule has 0 aromatic carbocycles. The highest BCUT2D eigenvalue weighted by Gasteiger charge is 2.08. The summed E-state index contributed by atoms with van der Waals surface area (Å²) in [4.78, 5) is 11.0.